The number of fused-ring (bicyclic) bond motifs is 1. The molecule has 6 heteroatoms. The molecule has 1 aromatic carbocycles. The number of benzene rings is 1. The Morgan fingerprint density at radius 3 is 2.95 bits per heavy atom. The molecule has 2 heterocycles. The number of hydrogen-bond donors (Lipinski definition) is 1. The summed E-state index contributed by atoms with van der Waals surface area (Å²) in [6.45, 7) is 3.39. The SMILES string of the molecule is CC1CCN(c2ccc([N+](=O)[O-])c3cccnc23)CC1O. The van der Waals surface area contributed by atoms with Gasteiger partial charge in [0.2, 0.25) is 0 Å². The molecule has 0 spiro atoms. The fourth-order valence-corrected chi connectivity index (χ4v) is 2.82. The van der Waals surface area contributed by atoms with Crippen molar-refractivity contribution in [3.63, 3.8) is 0 Å². The predicted octanol–water partition coefficient (Wildman–Crippen LogP) is 2.35. The molecule has 3 rings (SSSR count). The summed E-state index contributed by atoms with van der Waals surface area (Å²) >= 11 is 0. The van der Waals surface area contributed by atoms with E-state index in [4.69, 9.17) is 0 Å². The highest BCUT2D eigenvalue weighted by molar-refractivity contribution is 5.97. The molecule has 1 aliphatic rings. The highest BCUT2D eigenvalue weighted by atomic mass is 16.6. The number of hydrogen-bond acceptors (Lipinski definition) is 5. The fraction of sp³-hybridized carbons (Fsp3) is 0.400. The Bertz CT molecular complexity index is 689. The van der Waals surface area contributed by atoms with Crippen LogP contribution < -0.4 is 4.90 Å². The van der Waals surface area contributed by atoms with Crippen molar-refractivity contribution in [2.24, 2.45) is 5.92 Å². The summed E-state index contributed by atoms with van der Waals surface area (Å²) in [5, 5.41) is 21.7. The molecule has 0 aliphatic carbocycles. The van der Waals surface area contributed by atoms with Gasteiger partial charge in [-0.3, -0.25) is 15.1 Å². The molecule has 1 saturated heterocycles. The molecule has 1 fully saturated rings. The molecule has 0 radical (unpaired) electrons. The number of aliphatic hydroxyl groups is 1. The third-order valence-electron chi connectivity index (χ3n) is 4.18. The molecule has 0 amide bonds. The average molecular weight is 287 g/mol. The van der Waals surface area contributed by atoms with Gasteiger partial charge >= 0.3 is 0 Å². The van der Waals surface area contributed by atoms with Crippen LogP contribution in [0.3, 0.4) is 0 Å². The molecule has 1 aliphatic heterocycles. The van der Waals surface area contributed by atoms with Crippen LogP contribution in [0.5, 0.6) is 0 Å². The second-order valence-corrected chi connectivity index (χ2v) is 5.54. The number of aliphatic hydroxyl groups excluding tert-OH is 1. The van der Waals surface area contributed by atoms with Crippen molar-refractivity contribution in [2.45, 2.75) is 19.4 Å². The summed E-state index contributed by atoms with van der Waals surface area (Å²) in [6, 6.07) is 6.67. The van der Waals surface area contributed by atoms with Gasteiger partial charge in [0.1, 0.15) is 5.52 Å². The maximum absolute atomic E-state index is 11.1. The van der Waals surface area contributed by atoms with Crippen LogP contribution in [0.4, 0.5) is 11.4 Å². The lowest BCUT2D eigenvalue weighted by molar-refractivity contribution is -0.383. The van der Waals surface area contributed by atoms with E-state index in [0.29, 0.717) is 17.4 Å². The highest BCUT2D eigenvalue weighted by Gasteiger charge is 2.26. The zero-order valence-electron chi connectivity index (χ0n) is 11.8. The number of aromatic nitrogens is 1. The molecular formula is C15H17N3O3. The van der Waals surface area contributed by atoms with Crippen LogP contribution in [-0.2, 0) is 0 Å². The van der Waals surface area contributed by atoms with Crippen molar-refractivity contribution in [3.8, 4) is 0 Å². The number of nitro benzene ring substituents is 1. The minimum atomic E-state index is -0.388. The van der Waals surface area contributed by atoms with E-state index in [2.05, 4.69) is 9.88 Å². The molecule has 2 aromatic rings. The van der Waals surface area contributed by atoms with E-state index in [1.807, 2.05) is 6.92 Å². The number of piperidine rings is 1. The van der Waals surface area contributed by atoms with E-state index in [0.717, 1.165) is 18.7 Å². The zero-order chi connectivity index (χ0) is 15.0. The van der Waals surface area contributed by atoms with Crippen molar-refractivity contribution in [2.75, 3.05) is 18.0 Å². The Kier molecular flexibility index (Phi) is 3.47. The van der Waals surface area contributed by atoms with Crippen LogP contribution in [0, 0.1) is 16.0 Å². The number of β-amino-alcohol motifs (C(OH)–C–C–N with tert-alkyl or cyclic N) is 1. The number of nitro groups is 1. The summed E-state index contributed by atoms with van der Waals surface area (Å²) in [5.41, 5.74) is 1.53. The minimum absolute atomic E-state index is 0.0628. The fourth-order valence-electron chi connectivity index (χ4n) is 2.82. The second-order valence-electron chi connectivity index (χ2n) is 5.54. The quantitative estimate of drug-likeness (QED) is 0.677. The zero-order valence-corrected chi connectivity index (χ0v) is 11.8. The Morgan fingerprint density at radius 2 is 2.24 bits per heavy atom. The van der Waals surface area contributed by atoms with Gasteiger partial charge in [-0.15, -0.1) is 0 Å². The predicted molar refractivity (Wildman–Crippen MR) is 80.4 cm³/mol. The van der Waals surface area contributed by atoms with E-state index in [9.17, 15) is 15.2 Å². The van der Waals surface area contributed by atoms with Crippen LogP contribution in [0.1, 0.15) is 13.3 Å². The highest BCUT2D eigenvalue weighted by Crippen LogP contribution is 2.33. The van der Waals surface area contributed by atoms with Gasteiger partial charge in [-0.1, -0.05) is 6.92 Å². The Hall–Kier alpha value is -2.21. The smallest absolute Gasteiger partial charge is 0.278 e. The number of anilines is 1. The molecule has 21 heavy (non-hydrogen) atoms. The molecule has 110 valence electrons. The van der Waals surface area contributed by atoms with Crippen molar-refractivity contribution in [1.29, 1.82) is 0 Å². The van der Waals surface area contributed by atoms with Crippen molar-refractivity contribution in [1.82, 2.24) is 4.98 Å². The molecule has 6 nitrogen and oxygen atoms in total. The number of nitrogens with zero attached hydrogens (tertiary/aromatic N) is 3. The third kappa shape index (κ3) is 2.42. The molecule has 1 aromatic heterocycles. The topological polar surface area (TPSA) is 79.5 Å². The van der Waals surface area contributed by atoms with Gasteiger partial charge in [0, 0.05) is 25.4 Å². The average Bonchev–Trinajstić information content (AvgIpc) is 2.49. The Morgan fingerprint density at radius 1 is 1.43 bits per heavy atom. The third-order valence-corrected chi connectivity index (χ3v) is 4.18. The Labute approximate surface area is 122 Å². The van der Waals surface area contributed by atoms with Crippen molar-refractivity contribution >= 4 is 22.3 Å². The first-order valence-electron chi connectivity index (χ1n) is 7.03. The first-order chi connectivity index (χ1) is 10.1. The van der Waals surface area contributed by atoms with E-state index >= 15 is 0 Å². The second kappa shape index (κ2) is 5.29. The number of non-ortho nitro benzene ring substituents is 1. The lowest BCUT2D eigenvalue weighted by Gasteiger charge is -2.36. The molecular weight excluding hydrogens is 270 g/mol. The van der Waals surface area contributed by atoms with Gasteiger partial charge in [-0.2, -0.15) is 0 Å². The van der Waals surface area contributed by atoms with Crippen LogP contribution in [0.15, 0.2) is 30.5 Å². The van der Waals surface area contributed by atoms with Gasteiger partial charge in [0.25, 0.3) is 5.69 Å². The first-order valence-corrected chi connectivity index (χ1v) is 7.03. The van der Waals surface area contributed by atoms with Crippen molar-refractivity contribution in [3.05, 3.63) is 40.6 Å². The number of pyridine rings is 1. The standard InChI is InChI=1S/C15H17N3O3/c1-10-6-8-17(9-14(10)19)13-5-4-12(18(20)21)11-3-2-7-16-15(11)13/h2-5,7,10,14,19H,6,8-9H2,1H3. The largest absolute Gasteiger partial charge is 0.391 e. The summed E-state index contributed by atoms with van der Waals surface area (Å²) in [5.74, 6) is 0.276. The van der Waals surface area contributed by atoms with Crippen LogP contribution in [0.25, 0.3) is 10.9 Å². The van der Waals surface area contributed by atoms with Gasteiger partial charge in [0.05, 0.1) is 22.1 Å². The lowest BCUT2D eigenvalue weighted by Crippen LogP contribution is -2.43. The summed E-state index contributed by atoms with van der Waals surface area (Å²) in [7, 11) is 0. The van der Waals surface area contributed by atoms with E-state index < -0.39 is 0 Å². The minimum Gasteiger partial charge on any atom is -0.391 e. The lowest BCUT2D eigenvalue weighted by atomic mass is 9.95. The van der Waals surface area contributed by atoms with Crippen molar-refractivity contribution < 1.29 is 10.0 Å². The monoisotopic (exact) mass is 287 g/mol. The maximum Gasteiger partial charge on any atom is 0.278 e. The summed E-state index contributed by atoms with van der Waals surface area (Å²) < 4.78 is 0. The van der Waals surface area contributed by atoms with Crippen LogP contribution >= 0.6 is 0 Å². The summed E-state index contributed by atoms with van der Waals surface area (Å²) in [6.07, 6.45) is 2.15. The van der Waals surface area contributed by atoms with Gasteiger partial charge in [-0.25, -0.2) is 0 Å². The van der Waals surface area contributed by atoms with Crippen LogP contribution in [0.2, 0.25) is 0 Å². The molecule has 2 unspecified atom stereocenters. The van der Waals surface area contributed by atoms with E-state index in [1.165, 1.54) is 6.07 Å². The van der Waals surface area contributed by atoms with Crippen LogP contribution in [-0.4, -0.2) is 34.2 Å². The maximum atomic E-state index is 11.1. The van der Waals surface area contributed by atoms with Gasteiger partial charge < -0.3 is 10.0 Å². The molecule has 1 N–H and O–H groups in total. The Balaban J connectivity index is 2.08. The molecule has 0 saturated carbocycles. The number of rotatable bonds is 2. The normalized spacial score (nSPS) is 22.5. The van der Waals surface area contributed by atoms with Gasteiger partial charge in [-0.05, 0) is 30.5 Å². The first kappa shape index (κ1) is 13.8. The molecule has 0 bridgehead atoms. The van der Waals surface area contributed by atoms with E-state index in [-0.39, 0.29) is 22.6 Å². The summed E-state index contributed by atoms with van der Waals surface area (Å²) in [4.78, 5) is 17.1. The molecule has 2 atom stereocenters. The van der Waals surface area contributed by atoms with E-state index in [1.54, 1.807) is 24.4 Å². The van der Waals surface area contributed by atoms with Gasteiger partial charge in [0.15, 0.2) is 0 Å².